The van der Waals surface area contributed by atoms with Gasteiger partial charge in [0, 0.05) is 119 Å². The summed E-state index contributed by atoms with van der Waals surface area (Å²) in [4.78, 5) is 52.9. The highest BCUT2D eigenvalue weighted by atomic mass is 35.5. The van der Waals surface area contributed by atoms with E-state index < -0.39 is 5.82 Å². The van der Waals surface area contributed by atoms with Gasteiger partial charge in [0.2, 0.25) is 11.8 Å². The molecule has 2 fully saturated rings. The van der Waals surface area contributed by atoms with E-state index in [1.165, 1.54) is 13.2 Å². The van der Waals surface area contributed by atoms with Gasteiger partial charge in [-0.05, 0) is 68.0 Å². The summed E-state index contributed by atoms with van der Waals surface area (Å²) >= 11 is 7.07. The number of rotatable bonds is 9. The van der Waals surface area contributed by atoms with Crippen LogP contribution >= 0.6 is 11.6 Å². The van der Waals surface area contributed by atoms with Crippen LogP contribution in [0.2, 0.25) is 5.02 Å². The number of fused-ring (bicyclic) bond motifs is 1. The monoisotopic (exact) mass is 784 g/mol. The van der Waals surface area contributed by atoms with Gasteiger partial charge in [-0.15, -0.1) is 0 Å². The predicted molar refractivity (Wildman–Crippen MR) is 214 cm³/mol. The van der Waals surface area contributed by atoms with Crippen LogP contribution in [0.5, 0.6) is 5.75 Å². The lowest BCUT2D eigenvalue weighted by molar-refractivity contribution is -0.131. The van der Waals surface area contributed by atoms with Crippen LogP contribution in [-0.4, -0.2) is 98.9 Å². The first-order valence-electron chi connectivity index (χ1n) is 19.4. The van der Waals surface area contributed by atoms with Gasteiger partial charge in [-0.1, -0.05) is 23.7 Å². The van der Waals surface area contributed by atoms with E-state index >= 15 is 4.39 Å². The normalized spacial score (nSPS) is 16.8. The van der Waals surface area contributed by atoms with Crippen LogP contribution in [0, 0.1) is 12.7 Å². The summed E-state index contributed by atoms with van der Waals surface area (Å²) in [6.07, 6.45) is 5.92. The summed E-state index contributed by atoms with van der Waals surface area (Å²) in [6, 6.07) is 11.2. The Bertz CT molecular complexity index is 2140. The quantitative estimate of drug-likeness (QED) is 0.213. The number of likely N-dealkylation sites (tertiary alicyclic amines) is 2. The van der Waals surface area contributed by atoms with Crippen molar-refractivity contribution in [3.8, 4) is 28.1 Å². The Kier molecular flexibility index (Phi) is 11.8. The first kappa shape index (κ1) is 39.4. The summed E-state index contributed by atoms with van der Waals surface area (Å²) in [5, 5.41) is 6.87. The number of methoxy groups -OCH3 is 1. The SMILES string of the molecule is COc1cc(-c2nccc(-c3cccc(NC(=O)c4nc5c(n4C)CCN(C4CCN(C(C)=O)CC4)C5)c3C)c2Cl)cc(F)c1CNC1CCN(C(C)=O)CC1. The molecule has 2 saturated heterocycles. The molecule has 14 heteroatoms. The van der Waals surface area contributed by atoms with E-state index in [1.807, 2.05) is 52.6 Å². The summed E-state index contributed by atoms with van der Waals surface area (Å²) in [7, 11) is 3.41. The molecule has 2 N–H and O–H groups in total. The zero-order chi connectivity index (χ0) is 39.7. The minimum Gasteiger partial charge on any atom is -0.496 e. The Labute approximate surface area is 332 Å². The molecule has 12 nitrogen and oxygen atoms in total. The van der Waals surface area contributed by atoms with Gasteiger partial charge in [0.05, 0.1) is 23.5 Å². The van der Waals surface area contributed by atoms with Gasteiger partial charge in [-0.2, -0.15) is 0 Å². The molecule has 7 rings (SSSR count). The Morgan fingerprint density at radius 2 is 1.66 bits per heavy atom. The van der Waals surface area contributed by atoms with Crippen LogP contribution < -0.4 is 15.4 Å². The van der Waals surface area contributed by atoms with E-state index in [0.29, 0.717) is 70.3 Å². The average molecular weight is 785 g/mol. The molecular formula is C42H50ClFN8O4. The third kappa shape index (κ3) is 8.03. The molecule has 0 bridgehead atoms. The maximum absolute atomic E-state index is 15.8. The minimum absolute atomic E-state index is 0.0736. The summed E-state index contributed by atoms with van der Waals surface area (Å²) in [6.45, 7) is 9.88. The summed E-state index contributed by atoms with van der Waals surface area (Å²) < 4.78 is 23.3. The fourth-order valence-corrected chi connectivity index (χ4v) is 8.77. The number of piperidine rings is 2. The molecule has 2 aromatic heterocycles. The Morgan fingerprint density at radius 3 is 2.34 bits per heavy atom. The van der Waals surface area contributed by atoms with Gasteiger partial charge in [-0.25, -0.2) is 9.37 Å². The molecule has 5 heterocycles. The standard InChI is InChI=1S/C42H50ClFN8O4/c1-25-31(7-6-8-35(25)48-42(55)41-47-36-24-52(20-14-37(36)49(41)4)30-12-18-51(19-13-30)27(3)54)32-9-15-45-40(39(32)43)28-21-34(44)33(38(22-28)56-5)23-46-29-10-16-50(17-11-29)26(2)53/h6-9,15,21-22,29-30,46H,10-14,16-20,23-24H2,1-5H3,(H,48,55). The molecule has 3 aliphatic rings. The van der Waals surface area contributed by atoms with Crippen LogP contribution in [0.25, 0.3) is 22.4 Å². The molecule has 0 atom stereocenters. The molecule has 3 amide bonds. The maximum atomic E-state index is 15.8. The Balaban J connectivity index is 1.06. The molecule has 3 aliphatic heterocycles. The number of benzene rings is 2. The van der Waals surface area contributed by atoms with Crippen LogP contribution in [0.4, 0.5) is 10.1 Å². The number of hydrogen-bond donors (Lipinski definition) is 2. The second kappa shape index (κ2) is 16.7. The fraction of sp³-hybridized carbons (Fsp3) is 0.452. The lowest BCUT2D eigenvalue weighted by Gasteiger charge is -2.39. The van der Waals surface area contributed by atoms with Crippen molar-refractivity contribution in [1.29, 1.82) is 0 Å². The van der Waals surface area contributed by atoms with Gasteiger partial charge in [0.25, 0.3) is 5.91 Å². The number of carbonyl (C=O) groups is 3. The van der Waals surface area contributed by atoms with Gasteiger partial charge in [0.15, 0.2) is 5.82 Å². The van der Waals surface area contributed by atoms with Gasteiger partial charge in [-0.3, -0.25) is 24.3 Å². The number of nitrogens with zero attached hydrogens (tertiary/aromatic N) is 6. The third-order valence-electron chi connectivity index (χ3n) is 11.8. The van der Waals surface area contributed by atoms with Crippen LogP contribution in [0.15, 0.2) is 42.6 Å². The molecule has 0 saturated carbocycles. The summed E-state index contributed by atoms with van der Waals surface area (Å²) in [5.74, 6) is 0.202. The van der Waals surface area contributed by atoms with Crippen molar-refractivity contribution in [1.82, 2.24) is 34.6 Å². The number of imidazole rings is 1. The van der Waals surface area contributed by atoms with E-state index in [-0.39, 0.29) is 30.3 Å². The number of aromatic nitrogens is 3. The molecule has 0 unspecified atom stereocenters. The third-order valence-corrected chi connectivity index (χ3v) is 12.2. The van der Waals surface area contributed by atoms with E-state index in [9.17, 15) is 14.4 Å². The molecule has 0 spiro atoms. The lowest BCUT2D eigenvalue weighted by atomic mass is 9.97. The molecule has 0 aliphatic carbocycles. The lowest BCUT2D eigenvalue weighted by Crippen LogP contribution is -2.47. The van der Waals surface area contributed by atoms with Crippen molar-refractivity contribution in [2.45, 2.75) is 78.0 Å². The van der Waals surface area contributed by atoms with Crippen LogP contribution in [0.3, 0.4) is 0 Å². The average Bonchev–Trinajstić information content (AvgIpc) is 3.53. The van der Waals surface area contributed by atoms with Crippen molar-refractivity contribution in [3.05, 3.63) is 81.8 Å². The number of anilines is 1. The number of halogens is 2. The Morgan fingerprint density at radius 1 is 0.964 bits per heavy atom. The van der Waals surface area contributed by atoms with E-state index in [1.54, 1.807) is 26.1 Å². The van der Waals surface area contributed by atoms with Crippen molar-refractivity contribution in [2.75, 3.05) is 45.2 Å². The Hall–Kier alpha value is -4.85. The molecule has 56 heavy (non-hydrogen) atoms. The van der Waals surface area contributed by atoms with Gasteiger partial charge < -0.3 is 29.7 Å². The highest BCUT2D eigenvalue weighted by Crippen LogP contribution is 2.40. The van der Waals surface area contributed by atoms with Crippen molar-refractivity contribution >= 4 is 35.0 Å². The first-order chi connectivity index (χ1) is 26.9. The fourth-order valence-electron chi connectivity index (χ4n) is 8.45. The van der Waals surface area contributed by atoms with Gasteiger partial charge >= 0.3 is 0 Å². The number of hydrogen-bond acceptors (Lipinski definition) is 8. The topological polar surface area (TPSA) is 125 Å². The van der Waals surface area contributed by atoms with Crippen LogP contribution in [-0.2, 0) is 36.1 Å². The number of pyridine rings is 1. The van der Waals surface area contributed by atoms with Crippen molar-refractivity contribution in [2.24, 2.45) is 7.05 Å². The zero-order valence-corrected chi connectivity index (χ0v) is 33.5. The number of amides is 3. The zero-order valence-electron chi connectivity index (χ0n) is 32.8. The van der Waals surface area contributed by atoms with E-state index in [0.717, 1.165) is 74.3 Å². The largest absolute Gasteiger partial charge is 0.496 e. The van der Waals surface area contributed by atoms with Crippen LogP contribution in [0.1, 0.15) is 72.7 Å². The van der Waals surface area contributed by atoms with Gasteiger partial charge in [0.1, 0.15) is 11.6 Å². The second-order valence-electron chi connectivity index (χ2n) is 15.1. The molecular weight excluding hydrogens is 735 g/mol. The number of carbonyl (C=O) groups excluding carboxylic acids is 3. The first-order valence-corrected chi connectivity index (χ1v) is 19.8. The molecule has 2 aromatic carbocycles. The number of nitrogens with one attached hydrogen (secondary N) is 2. The van der Waals surface area contributed by atoms with E-state index in [4.69, 9.17) is 21.3 Å². The highest BCUT2D eigenvalue weighted by molar-refractivity contribution is 6.35. The van der Waals surface area contributed by atoms with E-state index in [2.05, 4.69) is 20.5 Å². The summed E-state index contributed by atoms with van der Waals surface area (Å²) in [5.41, 5.74) is 6.20. The maximum Gasteiger partial charge on any atom is 0.291 e. The predicted octanol–water partition coefficient (Wildman–Crippen LogP) is 5.98. The number of ether oxygens (including phenoxy) is 1. The molecule has 4 aromatic rings. The smallest absolute Gasteiger partial charge is 0.291 e. The minimum atomic E-state index is -0.434. The second-order valence-corrected chi connectivity index (χ2v) is 15.5. The molecule has 0 radical (unpaired) electrons. The van der Waals surface area contributed by atoms with Crippen molar-refractivity contribution < 1.29 is 23.5 Å². The van der Waals surface area contributed by atoms with Crippen molar-refractivity contribution in [3.63, 3.8) is 0 Å². The molecule has 296 valence electrons. The highest BCUT2D eigenvalue weighted by Gasteiger charge is 2.32.